The Morgan fingerprint density at radius 2 is 2.25 bits per heavy atom. The van der Waals surface area contributed by atoms with Gasteiger partial charge in [0.15, 0.2) is 0 Å². The number of hydrogen-bond donors (Lipinski definition) is 1. The van der Waals surface area contributed by atoms with Crippen molar-refractivity contribution in [2.75, 3.05) is 0 Å². The van der Waals surface area contributed by atoms with Crippen LogP contribution in [0.2, 0.25) is 0 Å². The van der Waals surface area contributed by atoms with Crippen molar-refractivity contribution < 1.29 is 14.5 Å². The molecule has 0 fully saturated rings. The van der Waals surface area contributed by atoms with Crippen LogP contribution in [0.4, 0.5) is 0 Å². The van der Waals surface area contributed by atoms with Crippen LogP contribution in [-0.2, 0) is 24.3 Å². The smallest absolute Gasteiger partial charge is 0.307 e. The second-order valence-corrected chi connectivity index (χ2v) is 3.95. The third kappa shape index (κ3) is 3.36. The van der Waals surface area contributed by atoms with Crippen LogP contribution in [0, 0.1) is 0 Å². The number of imidazole rings is 1. The van der Waals surface area contributed by atoms with Crippen molar-refractivity contribution in [1.82, 2.24) is 4.57 Å². The molecule has 0 atom stereocenters. The maximum atomic E-state index is 10.5. The first kappa shape index (κ1) is 12.7. The van der Waals surface area contributed by atoms with E-state index in [-0.39, 0.29) is 6.42 Å². The predicted octanol–water partition coefficient (Wildman–Crippen LogP) is 1.61. The first-order valence-electron chi connectivity index (χ1n) is 5.98. The molecule has 1 rings (SSSR count). The third-order valence-electron chi connectivity index (χ3n) is 2.72. The van der Waals surface area contributed by atoms with Crippen LogP contribution < -0.4 is 4.57 Å². The molecule has 0 aliphatic carbocycles. The minimum Gasteiger partial charge on any atom is -0.481 e. The number of hydrogen-bond acceptors (Lipinski definition) is 1. The SMILES string of the molecule is CCCC[n+]1ccn(CCC(=O)O)c1CC. The highest BCUT2D eigenvalue weighted by Gasteiger charge is 2.15. The highest BCUT2D eigenvalue weighted by molar-refractivity contribution is 5.66. The summed E-state index contributed by atoms with van der Waals surface area (Å²) in [6.45, 7) is 5.88. The average Bonchev–Trinajstić information content (AvgIpc) is 2.65. The first-order valence-corrected chi connectivity index (χ1v) is 5.98. The number of aromatic nitrogens is 2. The Balaban J connectivity index is 2.69. The van der Waals surface area contributed by atoms with Crippen LogP contribution in [-0.4, -0.2) is 15.6 Å². The number of carboxylic acid groups (broad SMARTS) is 1. The zero-order valence-corrected chi connectivity index (χ0v) is 10.1. The molecule has 16 heavy (non-hydrogen) atoms. The summed E-state index contributed by atoms with van der Waals surface area (Å²) >= 11 is 0. The molecule has 1 heterocycles. The number of unbranched alkanes of at least 4 members (excludes halogenated alkanes) is 1. The van der Waals surface area contributed by atoms with Gasteiger partial charge in [0.05, 0.1) is 13.0 Å². The highest BCUT2D eigenvalue weighted by atomic mass is 16.4. The van der Waals surface area contributed by atoms with Crippen LogP contribution in [0.3, 0.4) is 0 Å². The summed E-state index contributed by atoms with van der Waals surface area (Å²) in [7, 11) is 0. The van der Waals surface area contributed by atoms with E-state index >= 15 is 0 Å². The average molecular weight is 225 g/mol. The largest absolute Gasteiger partial charge is 0.481 e. The van der Waals surface area contributed by atoms with E-state index in [1.165, 1.54) is 18.7 Å². The van der Waals surface area contributed by atoms with Crippen LogP contribution in [0.15, 0.2) is 12.4 Å². The molecular formula is C12H21N2O2+. The second-order valence-electron chi connectivity index (χ2n) is 3.95. The zero-order valence-electron chi connectivity index (χ0n) is 10.1. The van der Waals surface area contributed by atoms with Gasteiger partial charge in [0.2, 0.25) is 0 Å². The third-order valence-corrected chi connectivity index (χ3v) is 2.72. The molecule has 0 aromatic carbocycles. The number of aryl methyl sites for hydroxylation is 2. The van der Waals surface area contributed by atoms with E-state index in [9.17, 15) is 4.79 Å². The number of carbonyl (C=O) groups is 1. The number of nitrogens with zero attached hydrogens (tertiary/aromatic N) is 2. The van der Waals surface area contributed by atoms with Crippen LogP contribution >= 0.6 is 0 Å². The Morgan fingerprint density at radius 1 is 1.50 bits per heavy atom. The fourth-order valence-corrected chi connectivity index (χ4v) is 1.86. The molecule has 1 aromatic rings. The minimum absolute atomic E-state index is 0.190. The number of carboxylic acids is 1. The van der Waals surface area contributed by atoms with Gasteiger partial charge in [-0.25, -0.2) is 9.13 Å². The van der Waals surface area contributed by atoms with Crippen molar-refractivity contribution in [2.24, 2.45) is 0 Å². The van der Waals surface area contributed by atoms with E-state index in [1.807, 2.05) is 10.8 Å². The molecule has 0 bridgehead atoms. The Labute approximate surface area is 96.5 Å². The van der Waals surface area contributed by atoms with Crippen LogP contribution in [0.25, 0.3) is 0 Å². The molecule has 90 valence electrons. The lowest BCUT2D eigenvalue weighted by Gasteiger charge is -2.01. The topological polar surface area (TPSA) is 46.1 Å². The van der Waals surface area contributed by atoms with Gasteiger partial charge < -0.3 is 5.11 Å². The van der Waals surface area contributed by atoms with Gasteiger partial charge in [-0.2, -0.15) is 0 Å². The highest BCUT2D eigenvalue weighted by Crippen LogP contribution is 2.00. The molecule has 1 N–H and O–H groups in total. The van der Waals surface area contributed by atoms with Gasteiger partial charge in [-0.3, -0.25) is 4.79 Å². The van der Waals surface area contributed by atoms with E-state index in [0.29, 0.717) is 6.54 Å². The maximum Gasteiger partial charge on any atom is 0.307 e. The van der Waals surface area contributed by atoms with Crippen molar-refractivity contribution in [1.29, 1.82) is 0 Å². The van der Waals surface area contributed by atoms with Gasteiger partial charge in [-0.15, -0.1) is 0 Å². The summed E-state index contributed by atoms with van der Waals surface area (Å²) < 4.78 is 4.27. The Hall–Kier alpha value is -1.32. The Morgan fingerprint density at radius 3 is 2.81 bits per heavy atom. The quantitative estimate of drug-likeness (QED) is 0.717. The monoisotopic (exact) mass is 225 g/mol. The van der Waals surface area contributed by atoms with E-state index in [4.69, 9.17) is 5.11 Å². The summed E-state index contributed by atoms with van der Waals surface area (Å²) in [5.41, 5.74) is 0. The van der Waals surface area contributed by atoms with Crippen LogP contribution in [0.5, 0.6) is 0 Å². The molecule has 0 aliphatic heterocycles. The summed E-state index contributed by atoms with van der Waals surface area (Å²) in [5, 5.41) is 8.67. The van der Waals surface area contributed by atoms with Crippen LogP contribution in [0.1, 0.15) is 38.9 Å². The molecule has 0 aliphatic rings. The van der Waals surface area contributed by atoms with E-state index in [2.05, 4.69) is 24.6 Å². The molecule has 0 saturated heterocycles. The molecule has 0 amide bonds. The molecule has 4 nitrogen and oxygen atoms in total. The van der Waals surface area contributed by atoms with Gasteiger partial charge in [-0.05, 0) is 6.42 Å². The molecule has 4 heteroatoms. The van der Waals surface area contributed by atoms with Gasteiger partial charge in [0, 0.05) is 6.42 Å². The van der Waals surface area contributed by atoms with E-state index in [1.54, 1.807) is 0 Å². The minimum atomic E-state index is -0.740. The van der Waals surface area contributed by atoms with E-state index < -0.39 is 5.97 Å². The predicted molar refractivity (Wildman–Crippen MR) is 61.2 cm³/mol. The zero-order chi connectivity index (χ0) is 12.0. The molecular weight excluding hydrogens is 204 g/mol. The van der Waals surface area contributed by atoms with Crippen molar-refractivity contribution >= 4 is 5.97 Å². The Bertz CT molecular complexity index is 345. The molecule has 0 radical (unpaired) electrons. The van der Waals surface area contributed by atoms with Gasteiger partial charge in [-0.1, -0.05) is 20.3 Å². The van der Waals surface area contributed by atoms with E-state index in [0.717, 1.165) is 13.0 Å². The lowest BCUT2D eigenvalue weighted by atomic mass is 10.3. The second kappa shape index (κ2) is 6.30. The van der Waals surface area contributed by atoms with Crippen molar-refractivity contribution in [3.63, 3.8) is 0 Å². The molecule has 0 spiro atoms. The lowest BCUT2D eigenvalue weighted by Crippen LogP contribution is -2.37. The number of rotatable bonds is 7. The van der Waals surface area contributed by atoms with Gasteiger partial charge in [0.25, 0.3) is 5.82 Å². The summed E-state index contributed by atoms with van der Waals surface area (Å²) in [4.78, 5) is 10.5. The normalized spacial score (nSPS) is 10.6. The van der Waals surface area contributed by atoms with Gasteiger partial charge >= 0.3 is 5.97 Å². The van der Waals surface area contributed by atoms with Gasteiger partial charge in [0.1, 0.15) is 18.9 Å². The molecule has 0 saturated carbocycles. The summed E-state index contributed by atoms with van der Waals surface area (Å²) in [6.07, 6.45) is 7.51. The standard InChI is InChI=1S/C12H20N2O2/c1-3-5-7-13-9-10-14(11(13)4-2)8-6-12(15)16/h9-10H,3-8H2,1-2H3/p+1. The lowest BCUT2D eigenvalue weighted by molar-refractivity contribution is -0.704. The van der Waals surface area contributed by atoms with Crippen molar-refractivity contribution in [3.05, 3.63) is 18.2 Å². The fraction of sp³-hybridized carbons (Fsp3) is 0.667. The molecule has 1 aromatic heterocycles. The first-order chi connectivity index (χ1) is 7.69. The summed E-state index contributed by atoms with van der Waals surface area (Å²) in [6, 6.07) is 0. The molecule has 0 unspecified atom stereocenters. The Kier molecular flexibility index (Phi) is 5.02. The van der Waals surface area contributed by atoms with Crippen molar-refractivity contribution in [2.45, 2.75) is 52.6 Å². The van der Waals surface area contributed by atoms with Crippen molar-refractivity contribution in [3.8, 4) is 0 Å². The fourth-order valence-electron chi connectivity index (χ4n) is 1.86. The number of aliphatic carboxylic acids is 1. The summed E-state index contributed by atoms with van der Waals surface area (Å²) in [5.74, 6) is 0.477. The maximum absolute atomic E-state index is 10.5.